The van der Waals surface area contributed by atoms with E-state index in [4.69, 9.17) is 15.2 Å². The molecule has 0 bridgehead atoms. The van der Waals surface area contributed by atoms with Gasteiger partial charge in [-0.1, -0.05) is 12.1 Å². The molecular weight excluding hydrogens is 252 g/mol. The summed E-state index contributed by atoms with van der Waals surface area (Å²) in [4.78, 5) is 4.29. The number of nitrogens with two attached hydrogens (primary N) is 1. The fraction of sp³-hybridized carbons (Fsp3) is 0.0625. The van der Waals surface area contributed by atoms with Crippen molar-refractivity contribution in [1.29, 1.82) is 0 Å². The summed E-state index contributed by atoms with van der Waals surface area (Å²) < 4.78 is 11.2. The van der Waals surface area contributed by atoms with E-state index in [2.05, 4.69) is 4.98 Å². The minimum absolute atomic E-state index is 0.534. The molecule has 0 fully saturated rings. The largest absolute Gasteiger partial charge is 0.496 e. The summed E-state index contributed by atoms with van der Waals surface area (Å²) in [5.41, 5.74) is 6.40. The van der Waals surface area contributed by atoms with Crippen LogP contribution in [0.15, 0.2) is 54.7 Å². The Balaban J connectivity index is 2.08. The number of anilines is 1. The summed E-state index contributed by atoms with van der Waals surface area (Å²) >= 11 is 0. The average molecular weight is 266 g/mol. The van der Waals surface area contributed by atoms with Gasteiger partial charge in [0.2, 0.25) is 5.88 Å². The summed E-state index contributed by atoms with van der Waals surface area (Å²) in [5.74, 6) is 1.99. The van der Waals surface area contributed by atoms with Crippen LogP contribution in [0.5, 0.6) is 17.4 Å². The molecule has 3 aromatic rings. The molecule has 3 rings (SSSR count). The smallest absolute Gasteiger partial charge is 0.227 e. The van der Waals surface area contributed by atoms with E-state index < -0.39 is 0 Å². The number of pyridine rings is 1. The fourth-order valence-corrected chi connectivity index (χ4v) is 2.10. The Bertz CT molecular complexity index is 756. The van der Waals surface area contributed by atoms with E-state index in [1.54, 1.807) is 19.4 Å². The van der Waals surface area contributed by atoms with E-state index in [0.29, 0.717) is 17.3 Å². The molecule has 0 aliphatic carbocycles. The van der Waals surface area contributed by atoms with Crippen LogP contribution in [0, 0.1) is 0 Å². The van der Waals surface area contributed by atoms with Gasteiger partial charge in [0.15, 0.2) is 0 Å². The maximum absolute atomic E-state index is 5.83. The van der Waals surface area contributed by atoms with Gasteiger partial charge in [0, 0.05) is 28.7 Å². The Morgan fingerprint density at radius 3 is 2.65 bits per heavy atom. The molecule has 0 atom stereocenters. The third-order valence-corrected chi connectivity index (χ3v) is 3.02. The maximum Gasteiger partial charge on any atom is 0.227 e. The average Bonchev–Trinajstić information content (AvgIpc) is 2.47. The van der Waals surface area contributed by atoms with Gasteiger partial charge >= 0.3 is 0 Å². The highest BCUT2D eigenvalue weighted by atomic mass is 16.5. The minimum atomic E-state index is 0.534. The Labute approximate surface area is 116 Å². The van der Waals surface area contributed by atoms with E-state index in [0.717, 1.165) is 16.5 Å². The molecule has 0 spiro atoms. The number of methoxy groups -OCH3 is 1. The highest BCUT2D eigenvalue weighted by Gasteiger charge is 2.08. The third-order valence-electron chi connectivity index (χ3n) is 3.02. The van der Waals surface area contributed by atoms with Crippen molar-refractivity contribution in [3.63, 3.8) is 0 Å². The minimum Gasteiger partial charge on any atom is -0.496 e. The molecule has 0 saturated carbocycles. The van der Waals surface area contributed by atoms with E-state index in [9.17, 15) is 0 Å². The SMILES string of the molecule is COc1cccc2c(Oc3cccc(N)c3)nccc12. The molecule has 2 N–H and O–H groups in total. The summed E-state index contributed by atoms with van der Waals surface area (Å²) in [6.45, 7) is 0. The van der Waals surface area contributed by atoms with Crippen molar-refractivity contribution in [2.24, 2.45) is 0 Å². The van der Waals surface area contributed by atoms with Crippen LogP contribution in [0.25, 0.3) is 10.8 Å². The number of ether oxygens (including phenoxy) is 2. The zero-order valence-corrected chi connectivity index (χ0v) is 11.0. The number of nitrogen functional groups attached to an aromatic ring is 1. The maximum atomic E-state index is 5.83. The molecule has 0 aliphatic heterocycles. The molecule has 0 unspecified atom stereocenters. The van der Waals surface area contributed by atoms with Crippen molar-refractivity contribution >= 4 is 16.5 Å². The van der Waals surface area contributed by atoms with Crippen LogP contribution < -0.4 is 15.2 Å². The van der Waals surface area contributed by atoms with Crippen molar-refractivity contribution in [1.82, 2.24) is 4.98 Å². The lowest BCUT2D eigenvalue weighted by Crippen LogP contribution is -1.92. The van der Waals surface area contributed by atoms with Gasteiger partial charge in [0.05, 0.1) is 7.11 Å². The molecule has 0 aliphatic rings. The lowest BCUT2D eigenvalue weighted by atomic mass is 10.1. The van der Waals surface area contributed by atoms with Crippen LogP contribution in [0.2, 0.25) is 0 Å². The normalized spacial score (nSPS) is 10.4. The van der Waals surface area contributed by atoms with E-state index in [1.165, 1.54) is 0 Å². The number of hydrogen-bond donors (Lipinski definition) is 1. The molecule has 1 heterocycles. The van der Waals surface area contributed by atoms with Crippen LogP contribution in [-0.4, -0.2) is 12.1 Å². The first-order valence-corrected chi connectivity index (χ1v) is 6.23. The van der Waals surface area contributed by atoms with Gasteiger partial charge < -0.3 is 15.2 Å². The quantitative estimate of drug-likeness (QED) is 0.736. The molecule has 20 heavy (non-hydrogen) atoms. The first-order valence-electron chi connectivity index (χ1n) is 6.23. The molecular formula is C16H14N2O2. The first-order chi connectivity index (χ1) is 9.78. The zero-order chi connectivity index (χ0) is 13.9. The van der Waals surface area contributed by atoms with Crippen molar-refractivity contribution in [2.45, 2.75) is 0 Å². The van der Waals surface area contributed by atoms with Crippen molar-refractivity contribution < 1.29 is 9.47 Å². The van der Waals surface area contributed by atoms with Gasteiger partial charge in [-0.05, 0) is 30.3 Å². The summed E-state index contributed by atoms with van der Waals surface area (Å²) in [6.07, 6.45) is 1.70. The number of hydrogen-bond acceptors (Lipinski definition) is 4. The highest BCUT2D eigenvalue weighted by Crippen LogP contribution is 2.32. The Morgan fingerprint density at radius 1 is 1.00 bits per heavy atom. The number of rotatable bonds is 3. The Hall–Kier alpha value is -2.75. The number of benzene rings is 2. The Kier molecular flexibility index (Phi) is 3.13. The predicted molar refractivity (Wildman–Crippen MR) is 79.2 cm³/mol. The van der Waals surface area contributed by atoms with E-state index >= 15 is 0 Å². The summed E-state index contributed by atoms with van der Waals surface area (Å²) in [6, 6.07) is 14.9. The summed E-state index contributed by atoms with van der Waals surface area (Å²) in [5, 5.41) is 1.86. The predicted octanol–water partition coefficient (Wildman–Crippen LogP) is 3.62. The van der Waals surface area contributed by atoms with Gasteiger partial charge in [-0.15, -0.1) is 0 Å². The summed E-state index contributed by atoms with van der Waals surface area (Å²) in [7, 11) is 1.65. The monoisotopic (exact) mass is 266 g/mol. The van der Waals surface area contributed by atoms with Crippen LogP contribution in [0.3, 0.4) is 0 Å². The van der Waals surface area contributed by atoms with Gasteiger partial charge in [0.25, 0.3) is 0 Å². The second kappa shape index (κ2) is 5.09. The molecule has 0 amide bonds. The van der Waals surface area contributed by atoms with Crippen LogP contribution >= 0.6 is 0 Å². The molecule has 1 aromatic heterocycles. The van der Waals surface area contributed by atoms with Crippen molar-refractivity contribution in [3.8, 4) is 17.4 Å². The topological polar surface area (TPSA) is 57.4 Å². The van der Waals surface area contributed by atoms with Crippen LogP contribution in [0.4, 0.5) is 5.69 Å². The van der Waals surface area contributed by atoms with E-state index in [1.807, 2.05) is 42.5 Å². The number of aromatic nitrogens is 1. The van der Waals surface area contributed by atoms with Gasteiger partial charge in [-0.2, -0.15) is 0 Å². The second-order valence-corrected chi connectivity index (χ2v) is 4.35. The second-order valence-electron chi connectivity index (χ2n) is 4.35. The molecule has 0 saturated heterocycles. The first kappa shape index (κ1) is 12.3. The van der Waals surface area contributed by atoms with Crippen LogP contribution in [-0.2, 0) is 0 Å². The molecule has 0 radical (unpaired) electrons. The number of nitrogens with zero attached hydrogens (tertiary/aromatic N) is 1. The Morgan fingerprint density at radius 2 is 1.85 bits per heavy atom. The third kappa shape index (κ3) is 2.23. The molecule has 4 nitrogen and oxygen atoms in total. The molecule has 4 heteroatoms. The fourth-order valence-electron chi connectivity index (χ4n) is 2.10. The lowest BCUT2D eigenvalue weighted by molar-refractivity contribution is 0.419. The van der Waals surface area contributed by atoms with Crippen molar-refractivity contribution in [3.05, 3.63) is 54.7 Å². The lowest BCUT2D eigenvalue weighted by Gasteiger charge is -2.10. The zero-order valence-electron chi connectivity index (χ0n) is 11.0. The molecule has 2 aromatic carbocycles. The number of fused-ring (bicyclic) bond motifs is 1. The molecule has 100 valence electrons. The highest BCUT2D eigenvalue weighted by molar-refractivity contribution is 5.91. The van der Waals surface area contributed by atoms with Crippen molar-refractivity contribution in [2.75, 3.05) is 12.8 Å². The van der Waals surface area contributed by atoms with Gasteiger partial charge in [0.1, 0.15) is 11.5 Å². The van der Waals surface area contributed by atoms with E-state index in [-0.39, 0.29) is 0 Å². The van der Waals surface area contributed by atoms with Crippen LogP contribution in [0.1, 0.15) is 0 Å². The standard InChI is InChI=1S/C16H14N2O2/c1-19-15-7-3-6-14-13(15)8-9-18-16(14)20-12-5-2-4-11(17)10-12/h2-10H,17H2,1H3. The van der Waals surface area contributed by atoms with Gasteiger partial charge in [-0.3, -0.25) is 0 Å². The van der Waals surface area contributed by atoms with Gasteiger partial charge in [-0.25, -0.2) is 4.98 Å².